The Morgan fingerprint density at radius 3 is 1.85 bits per heavy atom. The van der Waals surface area contributed by atoms with Crippen molar-refractivity contribution in [2.24, 2.45) is 5.92 Å². The number of aliphatic hydroxyl groups is 1. The molecule has 10 heteroatoms. The van der Waals surface area contributed by atoms with E-state index in [1.165, 1.54) is 83.5 Å². The van der Waals surface area contributed by atoms with E-state index in [0.717, 1.165) is 38.0 Å². The van der Waals surface area contributed by atoms with Gasteiger partial charge in [-0.15, -0.1) is 0 Å². The zero-order chi connectivity index (χ0) is 38.5. The number of carbonyl (C=O) groups excluding carboxylic acids is 2. The molecule has 0 aromatic carbocycles. The molecular formula is C42H75O9P. The van der Waals surface area contributed by atoms with Crippen molar-refractivity contribution in [3.8, 4) is 0 Å². The molecule has 0 unspecified atom stereocenters. The second kappa shape index (κ2) is 36.0. The number of phosphoric acid groups is 1. The van der Waals surface area contributed by atoms with Crippen molar-refractivity contribution in [2.45, 2.75) is 187 Å². The highest BCUT2D eigenvalue weighted by Crippen LogP contribution is 2.36. The summed E-state index contributed by atoms with van der Waals surface area (Å²) in [5, 5.41) is 9.99. The molecule has 52 heavy (non-hydrogen) atoms. The molecule has 0 amide bonds. The van der Waals surface area contributed by atoms with Gasteiger partial charge in [0.15, 0.2) is 6.10 Å². The van der Waals surface area contributed by atoms with Gasteiger partial charge in [-0.3, -0.25) is 14.1 Å². The third-order valence-corrected chi connectivity index (χ3v) is 9.09. The van der Waals surface area contributed by atoms with Crippen molar-refractivity contribution in [1.29, 1.82) is 0 Å². The van der Waals surface area contributed by atoms with E-state index in [2.05, 4.69) is 31.4 Å². The maximum atomic E-state index is 12.4. The zero-order valence-corrected chi connectivity index (χ0v) is 33.9. The molecule has 0 bridgehead atoms. The number of unbranched alkanes of at least 4 members (excludes halogenated alkanes) is 16. The van der Waals surface area contributed by atoms with Gasteiger partial charge in [-0.25, -0.2) is 4.57 Å². The average molecular weight is 755 g/mol. The topological polar surface area (TPSA) is 140 Å². The van der Waals surface area contributed by atoms with Crippen LogP contribution in [-0.2, 0) is 28.2 Å². The Hall–Kier alpha value is -2.03. The molecule has 0 aliphatic heterocycles. The first-order chi connectivity index (χ1) is 25.0. The summed E-state index contributed by atoms with van der Waals surface area (Å²) in [6.45, 7) is 5.86. The van der Waals surface area contributed by atoms with E-state index in [-0.39, 0.29) is 19.4 Å². The largest absolute Gasteiger partial charge is 0.469 e. The standard InChI is InChI=1S/C42H75O9P/c1-4-5-6-7-22-27-32-39(43)33-28-23-18-15-16-19-24-29-34-41(44)49-36-40(37-50-52(46,47)48)51-42(45)35-30-25-20-14-12-10-8-9-11-13-17-21-26-31-38(2)3/h16,18-19,22-23,27-28,33,38-40,43H,4-15,17,20-21,24-26,29-32,34-37H2,1-3H3,(H2,46,47,48)/b19-16-,23-18-,27-22-,33-28+/t39-,40-/m1/s1. The second-order valence-corrected chi connectivity index (χ2v) is 15.5. The van der Waals surface area contributed by atoms with Crippen molar-refractivity contribution in [2.75, 3.05) is 13.2 Å². The third kappa shape index (κ3) is 39.2. The molecular weight excluding hydrogens is 679 g/mol. The van der Waals surface area contributed by atoms with Gasteiger partial charge < -0.3 is 24.4 Å². The minimum atomic E-state index is -4.78. The summed E-state index contributed by atoms with van der Waals surface area (Å²) >= 11 is 0. The summed E-state index contributed by atoms with van der Waals surface area (Å²) in [5.74, 6) is -0.172. The monoisotopic (exact) mass is 755 g/mol. The molecule has 0 aromatic rings. The molecule has 0 saturated carbocycles. The fourth-order valence-corrected chi connectivity index (χ4v) is 5.88. The molecule has 0 rings (SSSR count). The van der Waals surface area contributed by atoms with Crippen LogP contribution in [0.3, 0.4) is 0 Å². The lowest BCUT2D eigenvalue weighted by Crippen LogP contribution is -2.29. The minimum Gasteiger partial charge on any atom is -0.462 e. The fourth-order valence-electron chi connectivity index (χ4n) is 5.52. The molecule has 0 fully saturated rings. The molecule has 9 nitrogen and oxygen atoms in total. The van der Waals surface area contributed by atoms with Crippen LogP contribution in [0.15, 0.2) is 48.6 Å². The molecule has 0 spiro atoms. The normalized spacial score (nSPS) is 13.7. The number of rotatable bonds is 36. The van der Waals surface area contributed by atoms with E-state index in [0.29, 0.717) is 25.7 Å². The highest BCUT2D eigenvalue weighted by molar-refractivity contribution is 7.46. The van der Waals surface area contributed by atoms with Crippen LogP contribution in [0.5, 0.6) is 0 Å². The maximum absolute atomic E-state index is 12.4. The maximum Gasteiger partial charge on any atom is 0.469 e. The van der Waals surface area contributed by atoms with Crippen LogP contribution < -0.4 is 0 Å². The molecule has 302 valence electrons. The molecule has 0 aliphatic carbocycles. The Bertz CT molecular complexity index is 1010. The van der Waals surface area contributed by atoms with Gasteiger partial charge in [0.25, 0.3) is 0 Å². The van der Waals surface area contributed by atoms with Crippen molar-refractivity contribution in [3.05, 3.63) is 48.6 Å². The average Bonchev–Trinajstić information content (AvgIpc) is 3.09. The van der Waals surface area contributed by atoms with Crippen molar-refractivity contribution < 1.29 is 43.0 Å². The summed E-state index contributed by atoms with van der Waals surface area (Å²) in [6, 6.07) is 0. The van der Waals surface area contributed by atoms with Gasteiger partial charge in [0.1, 0.15) is 6.61 Å². The quantitative estimate of drug-likeness (QED) is 0.0187. The lowest BCUT2D eigenvalue weighted by atomic mass is 10.0. The van der Waals surface area contributed by atoms with Crippen molar-refractivity contribution >= 4 is 19.8 Å². The van der Waals surface area contributed by atoms with Gasteiger partial charge in [-0.05, 0) is 50.9 Å². The van der Waals surface area contributed by atoms with Crippen LogP contribution in [0.25, 0.3) is 0 Å². The van der Waals surface area contributed by atoms with Crippen LogP contribution in [-0.4, -0.2) is 52.3 Å². The first-order valence-corrected chi connectivity index (χ1v) is 21.9. The highest BCUT2D eigenvalue weighted by Gasteiger charge is 2.22. The van der Waals surface area contributed by atoms with E-state index in [4.69, 9.17) is 19.3 Å². The van der Waals surface area contributed by atoms with E-state index in [1.54, 1.807) is 6.08 Å². The number of allylic oxidation sites excluding steroid dienone is 6. The van der Waals surface area contributed by atoms with E-state index in [9.17, 15) is 19.3 Å². The summed E-state index contributed by atoms with van der Waals surface area (Å²) < 4.78 is 26.3. The number of hydrogen-bond acceptors (Lipinski definition) is 7. The number of hydrogen-bond donors (Lipinski definition) is 3. The highest BCUT2D eigenvalue weighted by atomic mass is 31.2. The predicted molar refractivity (Wildman–Crippen MR) is 213 cm³/mol. The van der Waals surface area contributed by atoms with Gasteiger partial charge in [0, 0.05) is 12.8 Å². The van der Waals surface area contributed by atoms with Crippen molar-refractivity contribution in [3.63, 3.8) is 0 Å². The van der Waals surface area contributed by atoms with E-state index < -0.39 is 38.6 Å². The third-order valence-electron chi connectivity index (χ3n) is 8.61. The van der Waals surface area contributed by atoms with Crippen LogP contribution in [0.1, 0.15) is 175 Å². The predicted octanol–water partition coefficient (Wildman–Crippen LogP) is 11.2. The van der Waals surface area contributed by atoms with Gasteiger partial charge in [0.2, 0.25) is 0 Å². The number of esters is 2. The van der Waals surface area contributed by atoms with Gasteiger partial charge in [0.05, 0.1) is 12.7 Å². The van der Waals surface area contributed by atoms with Gasteiger partial charge >= 0.3 is 19.8 Å². The van der Waals surface area contributed by atoms with E-state index in [1.807, 2.05) is 36.5 Å². The number of ether oxygens (including phenoxy) is 2. The van der Waals surface area contributed by atoms with Crippen LogP contribution >= 0.6 is 7.82 Å². The minimum absolute atomic E-state index is 0.159. The van der Waals surface area contributed by atoms with Crippen LogP contribution in [0.2, 0.25) is 0 Å². The Morgan fingerprint density at radius 1 is 0.654 bits per heavy atom. The lowest BCUT2D eigenvalue weighted by Gasteiger charge is -2.18. The van der Waals surface area contributed by atoms with Crippen molar-refractivity contribution in [1.82, 2.24) is 0 Å². The smallest absolute Gasteiger partial charge is 0.462 e. The molecule has 3 N–H and O–H groups in total. The second-order valence-electron chi connectivity index (χ2n) is 14.3. The molecule has 0 aromatic heterocycles. The first kappa shape index (κ1) is 50.0. The molecule has 0 radical (unpaired) electrons. The Kier molecular flexibility index (Phi) is 34.6. The fraction of sp³-hybridized carbons (Fsp3) is 0.762. The molecule has 0 saturated heterocycles. The number of phosphoric ester groups is 1. The van der Waals surface area contributed by atoms with Gasteiger partial charge in [-0.2, -0.15) is 0 Å². The summed E-state index contributed by atoms with van der Waals surface area (Å²) in [6.07, 6.45) is 38.7. The number of aliphatic hydroxyl groups excluding tert-OH is 1. The molecule has 0 heterocycles. The van der Waals surface area contributed by atoms with Crippen LogP contribution in [0, 0.1) is 5.92 Å². The Labute approximate surface area is 317 Å². The van der Waals surface area contributed by atoms with E-state index >= 15 is 0 Å². The van der Waals surface area contributed by atoms with Crippen LogP contribution in [0.4, 0.5) is 0 Å². The first-order valence-electron chi connectivity index (χ1n) is 20.4. The Balaban J connectivity index is 4.09. The summed E-state index contributed by atoms with van der Waals surface area (Å²) in [4.78, 5) is 42.8. The molecule has 2 atom stereocenters. The summed E-state index contributed by atoms with van der Waals surface area (Å²) in [7, 11) is -4.78. The Morgan fingerprint density at radius 2 is 1.23 bits per heavy atom. The SMILES string of the molecule is CCCCC/C=C\C[C@@H](O)/C=C/C=C\C/C=C\CCCC(=O)OC[C@H](COP(=O)(O)O)OC(=O)CCCCCCCCCCCCCCCC(C)C. The molecule has 0 aliphatic rings. The number of carbonyl (C=O) groups is 2. The lowest BCUT2D eigenvalue weighted by molar-refractivity contribution is -0.161. The summed E-state index contributed by atoms with van der Waals surface area (Å²) in [5.41, 5.74) is 0. The zero-order valence-electron chi connectivity index (χ0n) is 33.0. The van der Waals surface area contributed by atoms with Gasteiger partial charge in [-0.1, -0.05) is 166 Å².